The van der Waals surface area contributed by atoms with Crippen molar-refractivity contribution in [2.45, 2.75) is 46.0 Å². The van der Waals surface area contributed by atoms with Crippen LogP contribution in [0.4, 0.5) is 5.69 Å². The second kappa shape index (κ2) is 9.31. The van der Waals surface area contributed by atoms with E-state index >= 15 is 0 Å². The fourth-order valence-electron chi connectivity index (χ4n) is 3.70. The summed E-state index contributed by atoms with van der Waals surface area (Å²) in [5.41, 5.74) is 2.49. The van der Waals surface area contributed by atoms with Gasteiger partial charge in [0.2, 0.25) is 5.91 Å². The normalized spacial score (nSPS) is 21.7. The minimum atomic E-state index is -0.889. The van der Waals surface area contributed by atoms with E-state index in [0.717, 1.165) is 22.7 Å². The Morgan fingerprint density at radius 2 is 2.03 bits per heavy atom. The number of carbonyl (C=O) groups is 2. The van der Waals surface area contributed by atoms with Gasteiger partial charge in [-0.2, -0.15) is 0 Å². The van der Waals surface area contributed by atoms with E-state index in [4.69, 9.17) is 0 Å². The largest absolute Gasteiger partial charge is 0.481 e. The zero-order valence-corrected chi connectivity index (χ0v) is 17.8. The molecule has 29 heavy (non-hydrogen) atoms. The van der Waals surface area contributed by atoms with Gasteiger partial charge in [0.05, 0.1) is 29.4 Å². The highest BCUT2D eigenvalue weighted by atomic mass is 32.1. The molecule has 1 aliphatic rings. The summed E-state index contributed by atoms with van der Waals surface area (Å²) in [4.78, 5) is 33.0. The Kier molecular flexibility index (Phi) is 6.79. The van der Waals surface area contributed by atoms with Crippen LogP contribution in [-0.4, -0.2) is 27.0 Å². The predicted octanol–water partition coefficient (Wildman–Crippen LogP) is 4.91. The van der Waals surface area contributed by atoms with Crippen LogP contribution in [-0.2, 0) is 9.59 Å². The van der Waals surface area contributed by atoms with E-state index in [-0.39, 0.29) is 11.8 Å². The lowest BCUT2D eigenvalue weighted by molar-refractivity contribution is -0.145. The highest BCUT2D eigenvalue weighted by Crippen LogP contribution is 2.39. The van der Waals surface area contributed by atoms with Crippen molar-refractivity contribution < 1.29 is 14.7 Å². The molecule has 6 nitrogen and oxygen atoms in total. The number of pyridine rings is 1. The molecule has 0 radical (unpaired) electrons. The average molecular weight is 414 g/mol. The molecular formula is C22H27N3O3S. The quantitative estimate of drug-likeness (QED) is 0.673. The number of hydrogen-bond acceptors (Lipinski definition) is 5. The number of aromatic nitrogens is 2. The van der Waals surface area contributed by atoms with Crippen molar-refractivity contribution in [3.8, 4) is 0 Å². The van der Waals surface area contributed by atoms with E-state index in [1.807, 2.05) is 25.1 Å². The Bertz CT molecular complexity index is 906. The molecule has 3 unspecified atom stereocenters. The Balaban J connectivity index is 1.68. The molecule has 0 bridgehead atoms. The molecule has 1 saturated carbocycles. The van der Waals surface area contributed by atoms with Gasteiger partial charge in [-0.25, -0.2) is 4.98 Å². The number of thiazole rings is 1. The van der Waals surface area contributed by atoms with Crippen LogP contribution in [0.3, 0.4) is 0 Å². The maximum atomic E-state index is 12.7. The van der Waals surface area contributed by atoms with E-state index in [9.17, 15) is 14.7 Å². The first-order valence-corrected chi connectivity index (χ1v) is 10.9. The molecule has 0 saturated heterocycles. The number of aliphatic carboxylic acids is 1. The third-order valence-corrected chi connectivity index (χ3v) is 6.30. The topological polar surface area (TPSA) is 92.2 Å². The van der Waals surface area contributed by atoms with Crippen LogP contribution in [0.15, 0.2) is 23.8 Å². The van der Waals surface area contributed by atoms with E-state index < -0.39 is 17.8 Å². The van der Waals surface area contributed by atoms with Gasteiger partial charge in [-0.1, -0.05) is 33.3 Å². The summed E-state index contributed by atoms with van der Waals surface area (Å²) in [6.45, 7) is 6.26. The molecule has 1 fully saturated rings. The highest BCUT2D eigenvalue weighted by molar-refractivity contribution is 7.10. The molecule has 2 aromatic rings. The Morgan fingerprint density at radius 3 is 2.69 bits per heavy atom. The average Bonchev–Trinajstić information content (AvgIpc) is 3.34. The standard InChI is InChI=1S/C22H27N3O3S/c1-4-14-8-17(18(9-14)22(27)28)21(26)24-16-7-15(10-23-11-16)5-6-20-25-19(12-29-20)13(2)3/h5-7,10-14,17-18H,4,8-9H2,1-3H3,(H,24,26)(H,27,28)/b6-5+. The molecule has 7 heteroatoms. The van der Waals surface area contributed by atoms with Crippen molar-refractivity contribution in [1.82, 2.24) is 9.97 Å². The minimum absolute atomic E-state index is 0.238. The van der Waals surface area contributed by atoms with Gasteiger partial charge < -0.3 is 10.4 Å². The molecule has 154 valence electrons. The Labute approximate surface area is 175 Å². The fraction of sp³-hybridized carbons (Fsp3) is 0.455. The predicted molar refractivity (Wildman–Crippen MR) is 116 cm³/mol. The van der Waals surface area contributed by atoms with Gasteiger partial charge in [0.1, 0.15) is 5.01 Å². The van der Waals surface area contributed by atoms with Crippen LogP contribution in [0.1, 0.15) is 62.2 Å². The van der Waals surface area contributed by atoms with Crippen molar-refractivity contribution in [3.05, 3.63) is 40.1 Å². The van der Waals surface area contributed by atoms with E-state index in [0.29, 0.717) is 24.4 Å². The Hall–Kier alpha value is -2.54. The summed E-state index contributed by atoms with van der Waals surface area (Å²) < 4.78 is 0. The van der Waals surface area contributed by atoms with Crippen LogP contribution >= 0.6 is 11.3 Å². The number of amides is 1. The molecule has 2 N–H and O–H groups in total. The third kappa shape index (κ3) is 5.29. The van der Waals surface area contributed by atoms with E-state index in [1.54, 1.807) is 23.7 Å². The van der Waals surface area contributed by atoms with Crippen molar-refractivity contribution >= 4 is 41.1 Å². The molecule has 2 aromatic heterocycles. The van der Waals surface area contributed by atoms with Crippen molar-refractivity contribution in [3.63, 3.8) is 0 Å². The molecule has 1 amide bonds. The zero-order valence-electron chi connectivity index (χ0n) is 17.0. The smallest absolute Gasteiger partial charge is 0.307 e. The molecule has 0 aromatic carbocycles. The van der Waals surface area contributed by atoms with Gasteiger partial charge in [0, 0.05) is 11.6 Å². The molecule has 2 heterocycles. The first kappa shape index (κ1) is 21.2. The summed E-state index contributed by atoms with van der Waals surface area (Å²) in [6.07, 6.45) is 9.22. The SMILES string of the molecule is CCC1CC(C(=O)O)C(C(=O)Nc2cncc(/C=C/c3nc(C(C)C)cs3)c2)C1. The van der Waals surface area contributed by atoms with Gasteiger partial charge in [-0.05, 0) is 42.4 Å². The van der Waals surface area contributed by atoms with Crippen LogP contribution in [0, 0.1) is 17.8 Å². The number of carboxylic acid groups (broad SMARTS) is 1. The number of carboxylic acids is 1. The molecular weight excluding hydrogens is 386 g/mol. The second-order valence-electron chi connectivity index (χ2n) is 7.89. The maximum absolute atomic E-state index is 12.7. The van der Waals surface area contributed by atoms with Gasteiger partial charge in [0.25, 0.3) is 0 Å². The lowest BCUT2D eigenvalue weighted by Crippen LogP contribution is -2.30. The number of nitrogens with one attached hydrogen (secondary N) is 1. The second-order valence-corrected chi connectivity index (χ2v) is 8.78. The van der Waals surface area contributed by atoms with Gasteiger partial charge in [-0.3, -0.25) is 14.6 Å². The van der Waals surface area contributed by atoms with E-state index in [2.05, 4.69) is 34.5 Å². The summed E-state index contributed by atoms with van der Waals surface area (Å²) in [5.74, 6) is -1.56. The van der Waals surface area contributed by atoms with Gasteiger partial charge >= 0.3 is 5.97 Å². The van der Waals surface area contributed by atoms with Crippen LogP contribution in [0.2, 0.25) is 0 Å². The lowest BCUT2D eigenvalue weighted by Gasteiger charge is -2.15. The lowest BCUT2D eigenvalue weighted by atomic mass is 9.95. The Morgan fingerprint density at radius 1 is 1.28 bits per heavy atom. The van der Waals surface area contributed by atoms with Crippen LogP contribution < -0.4 is 5.32 Å². The number of carbonyl (C=O) groups excluding carboxylic acids is 1. The summed E-state index contributed by atoms with van der Waals surface area (Å²) in [6, 6.07) is 1.83. The van der Waals surface area contributed by atoms with Gasteiger partial charge in [0.15, 0.2) is 0 Å². The monoisotopic (exact) mass is 413 g/mol. The summed E-state index contributed by atoms with van der Waals surface area (Å²) in [5, 5.41) is 15.3. The number of nitrogens with zero attached hydrogens (tertiary/aromatic N) is 2. The summed E-state index contributed by atoms with van der Waals surface area (Å²) in [7, 11) is 0. The highest BCUT2D eigenvalue weighted by Gasteiger charge is 2.42. The summed E-state index contributed by atoms with van der Waals surface area (Å²) >= 11 is 1.59. The first-order chi connectivity index (χ1) is 13.9. The number of anilines is 1. The molecule has 0 spiro atoms. The number of hydrogen-bond donors (Lipinski definition) is 2. The number of rotatable bonds is 7. The first-order valence-electron chi connectivity index (χ1n) is 9.99. The van der Waals surface area contributed by atoms with Crippen molar-refractivity contribution in [2.24, 2.45) is 17.8 Å². The molecule has 1 aliphatic carbocycles. The van der Waals surface area contributed by atoms with E-state index in [1.165, 1.54) is 0 Å². The van der Waals surface area contributed by atoms with Crippen LogP contribution in [0.25, 0.3) is 12.2 Å². The fourth-order valence-corrected chi connectivity index (χ4v) is 4.57. The van der Waals surface area contributed by atoms with Crippen molar-refractivity contribution in [2.75, 3.05) is 5.32 Å². The zero-order chi connectivity index (χ0) is 21.0. The molecule has 3 rings (SSSR count). The molecule has 0 aliphatic heterocycles. The van der Waals surface area contributed by atoms with Gasteiger partial charge in [-0.15, -0.1) is 11.3 Å². The third-order valence-electron chi connectivity index (χ3n) is 5.47. The maximum Gasteiger partial charge on any atom is 0.307 e. The molecule has 3 atom stereocenters. The van der Waals surface area contributed by atoms with Crippen LogP contribution in [0.5, 0.6) is 0 Å². The minimum Gasteiger partial charge on any atom is -0.481 e. The van der Waals surface area contributed by atoms with Crippen molar-refractivity contribution in [1.29, 1.82) is 0 Å².